The summed E-state index contributed by atoms with van der Waals surface area (Å²) in [5, 5.41) is 0. The molecule has 0 fully saturated rings. The van der Waals surface area contributed by atoms with Gasteiger partial charge in [0.05, 0.1) is 7.11 Å². The second kappa shape index (κ2) is 6.25. The smallest absolute Gasteiger partial charge is 0.122 e. The summed E-state index contributed by atoms with van der Waals surface area (Å²) in [5.74, 6) is 1.58. The van der Waals surface area contributed by atoms with Crippen LogP contribution in [0.3, 0.4) is 0 Å². The van der Waals surface area contributed by atoms with Gasteiger partial charge >= 0.3 is 0 Å². The Morgan fingerprint density at radius 2 is 1.61 bits per heavy atom. The Labute approximate surface area is 109 Å². The van der Waals surface area contributed by atoms with Crippen molar-refractivity contribution in [3.63, 3.8) is 0 Å². The van der Waals surface area contributed by atoms with Gasteiger partial charge in [-0.15, -0.1) is 0 Å². The highest BCUT2D eigenvalue weighted by Gasteiger charge is 2.07. The maximum Gasteiger partial charge on any atom is 0.122 e. The molecule has 0 bridgehead atoms. The van der Waals surface area contributed by atoms with Crippen molar-refractivity contribution in [2.45, 2.75) is 25.7 Å². The number of rotatable bonds is 5. The zero-order valence-electron chi connectivity index (χ0n) is 11.1. The molecule has 18 heavy (non-hydrogen) atoms. The van der Waals surface area contributed by atoms with E-state index in [-0.39, 0.29) is 0 Å². The molecule has 1 unspecified atom stereocenters. The van der Waals surface area contributed by atoms with Gasteiger partial charge in [0.25, 0.3) is 0 Å². The van der Waals surface area contributed by atoms with E-state index in [1.165, 1.54) is 11.1 Å². The Kier molecular flexibility index (Phi) is 4.40. The Hall–Kier alpha value is -1.76. The number of benzene rings is 2. The molecule has 2 aromatic rings. The lowest BCUT2D eigenvalue weighted by molar-refractivity contribution is 0.408. The maximum atomic E-state index is 5.38. The summed E-state index contributed by atoms with van der Waals surface area (Å²) >= 11 is 0. The van der Waals surface area contributed by atoms with Crippen LogP contribution in [0.4, 0.5) is 0 Å². The van der Waals surface area contributed by atoms with E-state index in [9.17, 15) is 0 Å². The summed E-state index contributed by atoms with van der Waals surface area (Å²) in [5.41, 5.74) is 2.70. The molecule has 0 heterocycles. The molecule has 1 atom stereocenters. The first-order chi connectivity index (χ1) is 8.81. The molecule has 0 aliphatic heterocycles. The number of aryl methyl sites for hydroxylation is 1. The van der Waals surface area contributed by atoms with E-state index in [2.05, 4.69) is 49.4 Å². The number of hydrogen-bond donors (Lipinski definition) is 0. The normalized spacial score (nSPS) is 12.1. The zero-order chi connectivity index (χ0) is 12.8. The van der Waals surface area contributed by atoms with Crippen LogP contribution in [0.25, 0.3) is 0 Å². The minimum atomic E-state index is 0.580. The van der Waals surface area contributed by atoms with Crippen LogP contribution in [0.15, 0.2) is 54.6 Å². The standard InChI is InChI=1S/C17H20O/c1-14(15-8-4-3-5-9-15)12-13-16-10-6-7-11-17(16)18-2/h3-11,14H,12-13H2,1-2H3. The second-order valence-electron chi connectivity index (χ2n) is 4.66. The third-order valence-corrected chi connectivity index (χ3v) is 3.41. The molecule has 0 radical (unpaired) electrons. The van der Waals surface area contributed by atoms with Gasteiger partial charge in [0, 0.05) is 0 Å². The van der Waals surface area contributed by atoms with Gasteiger partial charge in [0.2, 0.25) is 0 Å². The lowest BCUT2D eigenvalue weighted by Gasteiger charge is -2.13. The van der Waals surface area contributed by atoms with Crippen LogP contribution in [0.2, 0.25) is 0 Å². The van der Waals surface area contributed by atoms with E-state index in [4.69, 9.17) is 4.74 Å². The monoisotopic (exact) mass is 240 g/mol. The lowest BCUT2D eigenvalue weighted by atomic mass is 9.94. The highest BCUT2D eigenvalue weighted by molar-refractivity contribution is 5.33. The highest BCUT2D eigenvalue weighted by Crippen LogP contribution is 2.24. The molecule has 0 N–H and O–H groups in total. The molecule has 1 heteroatoms. The fourth-order valence-electron chi connectivity index (χ4n) is 2.23. The number of hydrogen-bond acceptors (Lipinski definition) is 1. The van der Waals surface area contributed by atoms with Crippen LogP contribution in [-0.4, -0.2) is 7.11 Å². The van der Waals surface area contributed by atoms with Crippen molar-refractivity contribution in [3.8, 4) is 5.75 Å². The fourth-order valence-corrected chi connectivity index (χ4v) is 2.23. The van der Waals surface area contributed by atoms with Gasteiger partial charge in [-0.25, -0.2) is 0 Å². The van der Waals surface area contributed by atoms with Crippen LogP contribution >= 0.6 is 0 Å². The summed E-state index contributed by atoms with van der Waals surface area (Å²) in [6, 6.07) is 19.0. The molecular weight excluding hydrogens is 220 g/mol. The molecule has 1 nitrogen and oxygen atoms in total. The van der Waals surface area contributed by atoms with Gasteiger partial charge in [0.15, 0.2) is 0 Å². The Bertz CT molecular complexity index is 476. The summed E-state index contributed by atoms with van der Waals surface area (Å²) in [7, 11) is 1.74. The van der Waals surface area contributed by atoms with Crippen molar-refractivity contribution in [2.75, 3.05) is 7.11 Å². The largest absolute Gasteiger partial charge is 0.496 e. The average molecular weight is 240 g/mol. The maximum absolute atomic E-state index is 5.38. The number of para-hydroxylation sites is 1. The van der Waals surface area contributed by atoms with Gasteiger partial charge in [-0.05, 0) is 36.0 Å². The van der Waals surface area contributed by atoms with Crippen LogP contribution < -0.4 is 4.74 Å². The third-order valence-electron chi connectivity index (χ3n) is 3.41. The van der Waals surface area contributed by atoms with Crippen molar-refractivity contribution in [3.05, 3.63) is 65.7 Å². The molecule has 0 spiro atoms. The van der Waals surface area contributed by atoms with Gasteiger partial charge < -0.3 is 4.74 Å². The topological polar surface area (TPSA) is 9.23 Å². The van der Waals surface area contributed by atoms with Gasteiger partial charge in [-0.3, -0.25) is 0 Å². The van der Waals surface area contributed by atoms with Crippen LogP contribution in [-0.2, 0) is 6.42 Å². The molecule has 0 aliphatic rings. The molecule has 0 aromatic heterocycles. The summed E-state index contributed by atoms with van der Waals surface area (Å²) in [4.78, 5) is 0. The first kappa shape index (κ1) is 12.7. The van der Waals surface area contributed by atoms with E-state index >= 15 is 0 Å². The number of methoxy groups -OCH3 is 1. The Balaban J connectivity index is 1.99. The Morgan fingerprint density at radius 3 is 2.33 bits per heavy atom. The van der Waals surface area contributed by atoms with E-state index in [1.54, 1.807) is 7.11 Å². The fraction of sp³-hybridized carbons (Fsp3) is 0.294. The van der Waals surface area contributed by atoms with Crippen LogP contribution in [0, 0.1) is 0 Å². The van der Waals surface area contributed by atoms with E-state index in [0.29, 0.717) is 5.92 Å². The van der Waals surface area contributed by atoms with Crippen molar-refractivity contribution in [1.82, 2.24) is 0 Å². The SMILES string of the molecule is COc1ccccc1CCC(C)c1ccccc1. The summed E-state index contributed by atoms with van der Waals surface area (Å²) < 4.78 is 5.38. The molecule has 2 rings (SSSR count). The molecule has 0 saturated carbocycles. The molecule has 0 saturated heterocycles. The van der Waals surface area contributed by atoms with Crippen molar-refractivity contribution < 1.29 is 4.74 Å². The molecular formula is C17H20O. The summed E-state index contributed by atoms with van der Waals surface area (Å²) in [6.45, 7) is 2.28. The second-order valence-corrected chi connectivity index (χ2v) is 4.66. The van der Waals surface area contributed by atoms with Crippen LogP contribution in [0.5, 0.6) is 5.75 Å². The van der Waals surface area contributed by atoms with Crippen molar-refractivity contribution in [2.24, 2.45) is 0 Å². The van der Waals surface area contributed by atoms with Crippen LogP contribution in [0.1, 0.15) is 30.4 Å². The highest BCUT2D eigenvalue weighted by atomic mass is 16.5. The van der Waals surface area contributed by atoms with Gasteiger partial charge in [0.1, 0.15) is 5.75 Å². The molecule has 0 amide bonds. The quantitative estimate of drug-likeness (QED) is 0.751. The van der Waals surface area contributed by atoms with E-state index in [1.807, 2.05) is 12.1 Å². The predicted molar refractivity (Wildman–Crippen MR) is 76.2 cm³/mol. The third kappa shape index (κ3) is 3.13. The summed E-state index contributed by atoms with van der Waals surface area (Å²) in [6.07, 6.45) is 2.20. The van der Waals surface area contributed by atoms with E-state index in [0.717, 1.165) is 18.6 Å². The first-order valence-electron chi connectivity index (χ1n) is 6.48. The number of ether oxygens (including phenoxy) is 1. The first-order valence-corrected chi connectivity index (χ1v) is 6.48. The van der Waals surface area contributed by atoms with Crippen molar-refractivity contribution in [1.29, 1.82) is 0 Å². The minimum absolute atomic E-state index is 0.580. The average Bonchev–Trinajstić information content (AvgIpc) is 2.46. The van der Waals surface area contributed by atoms with Gasteiger partial charge in [-0.2, -0.15) is 0 Å². The molecule has 2 aromatic carbocycles. The zero-order valence-corrected chi connectivity index (χ0v) is 11.1. The lowest BCUT2D eigenvalue weighted by Crippen LogP contribution is -1.98. The van der Waals surface area contributed by atoms with Gasteiger partial charge in [-0.1, -0.05) is 55.5 Å². The predicted octanol–water partition coefficient (Wildman–Crippen LogP) is 4.43. The van der Waals surface area contributed by atoms with Crippen molar-refractivity contribution >= 4 is 0 Å². The molecule has 0 aliphatic carbocycles. The molecule has 94 valence electrons. The Morgan fingerprint density at radius 1 is 0.944 bits per heavy atom. The van der Waals surface area contributed by atoms with E-state index < -0.39 is 0 Å². The minimum Gasteiger partial charge on any atom is -0.496 e.